The number of aromatic nitrogens is 1. The number of anilines is 1. The van der Waals surface area contributed by atoms with E-state index in [4.69, 9.17) is 9.47 Å². The number of pyridine rings is 1. The maximum absolute atomic E-state index is 12.8. The third-order valence-electron chi connectivity index (χ3n) is 4.62. The average molecular weight is 472 g/mol. The normalized spacial score (nSPS) is 11.3. The molecule has 1 heterocycles. The lowest BCUT2D eigenvalue weighted by Crippen LogP contribution is -2.22. The van der Waals surface area contributed by atoms with E-state index in [1.54, 1.807) is 24.5 Å². The van der Waals surface area contributed by atoms with Gasteiger partial charge in [0, 0.05) is 37.6 Å². The molecule has 0 atom stereocenters. The third-order valence-corrected chi connectivity index (χ3v) is 6.43. The first kappa shape index (κ1) is 24.0. The quantitative estimate of drug-likeness (QED) is 0.460. The van der Waals surface area contributed by atoms with Crippen LogP contribution in [-0.2, 0) is 16.6 Å². The minimum absolute atomic E-state index is 0.0298. The molecule has 9 nitrogen and oxygen atoms in total. The molecular weight excluding hydrogens is 446 g/mol. The van der Waals surface area contributed by atoms with Crippen molar-refractivity contribution in [3.63, 3.8) is 0 Å². The Balaban J connectivity index is 1.82. The Kier molecular flexibility index (Phi) is 7.52. The summed E-state index contributed by atoms with van der Waals surface area (Å²) in [6, 6.07) is 12.1. The molecule has 0 unspecified atom stereocenters. The number of benzene rings is 2. The van der Waals surface area contributed by atoms with Crippen LogP contribution >= 0.6 is 0 Å². The molecule has 2 aromatic carbocycles. The number of phenols is 1. The van der Waals surface area contributed by atoms with Gasteiger partial charge in [0.1, 0.15) is 12.4 Å². The van der Waals surface area contributed by atoms with Crippen molar-refractivity contribution in [2.24, 2.45) is 0 Å². The zero-order valence-electron chi connectivity index (χ0n) is 18.5. The number of rotatable bonds is 9. The van der Waals surface area contributed by atoms with E-state index in [1.165, 1.54) is 38.4 Å². The number of nitrogens with one attached hydrogen (secondary N) is 1. The van der Waals surface area contributed by atoms with Gasteiger partial charge < -0.3 is 19.9 Å². The van der Waals surface area contributed by atoms with Gasteiger partial charge in [-0.15, -0.1) is 0 Å². The summed E-state index contributed by atoms with van der Waals surface area (Å²) in [7, 11) is -0.943. The number of aromatic hydroxyl groups is 1. The van der Waals surface area contributed by atoms with Crippen LogP contribution in [0.4, 0.5) is 5.69 Å². The second-order valence-corrected chi connectivity index (χ2v) is 9.32. The molecule has 10 heteroatoms. The molecule has 0 fully saturated rings. The predicted molar refractivity (Wildman–Crippen MR) is 123 cm³/mol. The van der Waals surface area contributed by atoms with Crippen molar-refractivity contribution in [1.82, 2.24) is 9.29 Å². The van der Waals surface area contributed by atoms with Crippen molar-refractivity contribution in [3.05, 3.63) is 72.1 Å². The fraction of sp³-hybridized carbons (Fsp3) is 0.217. The molecule has 33 heavy (non-hydrogen) atoms. The van der Waals surface area contributed by atoms with E-state index in [2.05, 4.69) is 10.3 Å². The first-order valence-electron chi connectivity index (χ1n) is 10.1. The highest BCUT2D eigenvalue weighted by atomic mass is 32.2. The first-order valence-corrected chi connectivity index (χ1v) is 11.5. The number of carbonyl (C=O) groups is 1. The van der Waals surface area contributed by atoms with Gasteiger partial charge in [0.25, 0.3) is 5.91 Å². The summed E-state index contributed by atoms with van der Waals surface area (Å²) >= 11 is 0. The minimum atomic E-state index is -3.74. The van der Waals surface area contributed by atoms with Crippen molar-refractivity contribution in [2.45, 2.75) is 18.4 Å². The summed E-state index contributed by atoms with van der Waals surface area (Å²) in [6.45, 7) is 2.45. The standard InChI is InChI=1S/C23H25N3O6S/c1-4-31-22-12-17(7-10-21(22)32-15-16-6-5-11-24-14-16)23(28)25-19-13-18(8-9-20(19)27)33(29,30)26(2)3/h5-14,27H,4,15H2,1-3H3,(H,25,28). The molecule has 0 spiro atoms. The summed E-state index contributed by atoms with van der Waals surface area (Å²) in [5, 5.41) is 12.7. The van der Waals surface area contributed by atoms with Crippen molar-refractivity contribution in [2.75, 3.05) is 26.0 Å². The van der Waals surface area contributed by atoms with Crippen LogP contribution in [0.1, 0.15) is 22.8 Å². The van der Waals surface area contributed by atoms with Gasteiger partial charge in [-0.2, -0.15) is 0 Å². The van der Waals surface area contributed by atoms with Gasteiger partial charge >= 0.3 is 0 Å². The number of sulfonamides is 1. The molecule has 0 radical (unpaired) electrons. The number of phenolic OH excluding ortho intramolecular Hbond substituents is 1. The molecule has 0 aliphatic rings. The van der Waals surface area contributed by atoms with E-state index in [0.717, 1.165) is 9.87 Å². The fourth-order valence-corrected chi connectivity index (χ4v) is 3.79. The summed E-state index contributed by atoms with van der Waals surface area (Å²) in [5.74, 6) is 0.0216. The molecule has 3 rings (SSSR count). The van der Waals surface area contributed by atoms with Gasteiger partial charge in [-0.05, 0) is 49.4 Å². The van der Waals surface area contributed by atoms with Gasteiger partial charge in [-0.3, -0.25) is 9.78 Å². The Bertz CT molecular complexity index is 1230. The monoisotopic (exact) mass is 471 g/mol. The zero-order chi connectivity index (χ0) is 24.0. The fourth-order valence-electron chi connectivity index (χ4n) is 2.86. The van der Waals surface area contributed by atoms with Crippen molar-refractivity contribution >= 4 is 21.6 Å². The average Bonchev–Trinajstić information content (AvgIpc) is 2.80. The molecule has 174 valence electrons. The number of hydrogen-bond acceptors (Lipinski definition) is 7. The molecule has 0 aliphatic carbocycles. The van der Waals surface area contributed by atoms with Crippen LogP contribution in [0, 0.1) is 0 Å². The van der Waals surface area contributed by atoms with Crippen LogP contribution in [0.2, 0.25) is 0 Å². The molecule has 1 aromatic heterocycles. The Morgan fingerprint density at radius 3 is 2.55 bits per heavy atom. The van der Waals surface area contributed by atoms with Crippen LogP contribution in [0.15, 0.2) is 65.8 Å². The lowest BCUT2D eigenvalue weighted by Gasteiger charge is -2.15. The second kappa shape index (κ2) is 10.3. The largest absolute Gasteiger partial charge is 0.506 e. The van der Waals surface area contributed by atoms with Gasteiger partial charge in [-0.1, -0.05) is 6.07 Å². The van der Waals surface area contributed by atoms with Gasteiger partial charge in [-0.25, -0.2) is 12.7 Å². The Morgan fingerprint density at radius 1 is 1.09 bits per heavy atom. The summed E-state index contributed by atoms with van der Waals surface area (Å²) in [6.07, 6.45) is 3.37. The summed E-state index contributed by atoms with van der Waals surface area (Å²) < 4.78 is 37.2. The van der Waals surface area contributed by atoms with Crippen molar-refractivity contribution in [3.8, 4) is 17.2 Å². The highest BCUT2D eigenvalue weighted by Gasteiger charge is 2.20. The summed E-state index contributed by atoms with van der Waals surface area (Å²) in [4.78, 5) is 16.8. The van der Waals surface area contributed by atoms with E-state index in [1.807, 2.05) is 19.1 Å². The SMILES string of the molecule is CCOc1cc(C(=O)Nc2cc(S(=O)(=O)N(C)C)ccc2O)ccc1OCc1cccnc1. The Morgan fingerprint density at radius 2 is 1.88 bits per heavy atom. The molecule has 3 aromatic rings. The lowest BCUT2D eigenvalue weighted by molar-refractivity contribution is 0.102. The first-order chi connectivity index (χ1) is 15.7. The number of amides is 1. The van der Waals surface area contributed by atoms with Crippen LogP contribution in [0.25, 0.3) is 0 Å². The Labute approximate surface area is 192 Å². The second-order valence-electron chi connectivity index (χ2n) is 7.16. The third kappa shape index (κ3) is 5.79. The molecule has 0 saturated carbocycles. The molecule has 0 bridgehead atoms. The van der Waals surface area contributed by atoms with Crippen LogP contribution in [0.5, 0.6) is 17.2 Å². The van der Waals surface area contributed by atoms with Gasteiger partial charge in [0.2, 0.25) is 10.0 Å². The van der Waals surface area contributed by atoms with E-state index < -0.39 is 15.9 Å². The maximum Gasteiger partial charge on any atom is 0.255 e. The summed E-state index contributed by atoms with van der Waals surface area (Å²) in [5.41, 5.74) is 1.09. The van der Waals surface area contributed by atoms with Crippen LogP contribution in [0.3, 0.4) is 0 Å². The van der Waals surface area contributed by atoms with Crippen molar-refractivity contribution in [1.29, 1.82) is 0 Å². The lowest BCUT2D eigenvalue weighted by atomic mass is 10.1. The van der Waals surface area contributed by atoms with E-state index >= 15 is 0 Å². The topological polar surface area (TPSA) is 118 Å². The van der Waals surface area contributed by atoms with Crippen LogP contribution < -0.4 is 14.8 Å². The van der Waals surface area contributed by atoms with Gasteiger partial charge in [0.05, 0.1) is 17.2 Å². The molecule has 2 N–H and O–H groups in total. The number of carbonyl (C=O) groups excluding carboxylic acids is 1. The molecular formula is C23H25N3O6S. The predicted octanol–water partition coefficient (Wildman–Crippen LogP) is 3.27. The zero-order valence-corrected chi connectivity index (χ0v) is 19.3. The number of nitrogens with zero attached hydrogens (tertiary/aromatic N) is 2. The van der Waals surface area contributed by atoms with E-state index in [0.29, 0.717) is 18.1 Å². The van der Waals surface area contributed by atoms with Crippen molar-refractivity contribution < 1.29 is 27.8 Å². The number of hydrogen-bond donors (Lipinski definition) is 2. The minimum Gasteiger partial charge on any atom is -0.506 e. The maximum atomic E-state index is 12.8. The van der Waals surface area contributed by atoms with Gasteiger partial charge in [0.15, 0.2) is 11.5 Å². The molecule has 1 amide bonds. The van der Waals surface area contributed by atoms with Crippen LogP contribution in [-0.4, -0.2) is 49.4 Å². The molecule has 0 saturated heterocycles. The highest BCUT2D eigenvalue weighted by molar-refractivity contribution is 7.89. The smallest absolute Gasteiger partial charge is 0.255 e. The Hall–Kier alpha value is -3.63. The molecule has 0 aliphatic heterocycles. The highest BCUT2D eigenvalue weighted by Crippen LogP contribution is 2.31. The van der Waals surface area contributed by atoms with E-state index in [9.17, 15) is 18.3 Å². The van der Waals surface area contributed by atoms with E-state index in [-0.39, 0.29) is 28.5 Å². The number of ether oxygens (including phenoxy) is 2.